The number of benzene rings is 2. The number of ketones is 2. The Bertz CT molecular complexity index is 1270. The van der Waals surface area contributed by atoms with E-state index in [1.54, 1.807) is 16.8 Å². The Hall–Kier alpha value is -2.90. The number of rotatable bonds is 5. The van der Waals surface area contributed by atoms with Crippen LogP contribution in [0.15, 0.2) is 71.0 Å². The van der Waals surface area contributed by atoms with Crippen molar-refractivity contribution in [1.29, 1.82) is 0 Å². The van der Waals surface area contributed by atoms with Crippen molar-refractivity contribution in [1.82, 2.24) is 14.8 Å². The van der Waals surface area contributed by atoms with E-state index in [-0.39, 0.29) is 28.8 Å². The number of allylic oxidation sites excluding steroid dienone is 2. The van der Waals surface area contributed by atoms with Gasteiger partial charge in [-0.25, -0.2) is 4.68 Å². The summed E-state index contributed by atoms with van der Waals surface area (Å²) >= 11 is 7.41. The maximum atomic E-state index is 13.2. The highest BCUT2D eigenvalue weighted by Gasteiger charge is 2.41. The molecule has 3 aromatic rings. The van der Waals surface area contributed by atoms with E-state index in [0.29, 0.717) is 28.1 Å². The Kier molecular flexibility index (Phi) is 5.62. The Labute approximate surface area is 201 Å². The minimum Gasteiger partial charge on any atom is -0.328 e. The fraction of sp³-hybridized carbons (Fsp3) is 0.280. The van der Waals surface area contributed by atoms with Gasteiger partial charge in [0.1, 0.15) is 6.04 Å². The number of hydrogen-bond donors (Lipinski definition) is 1. The highest BCUT2D eigenvalue weighted by atomic mass is 35.5. The summed E-state index contributed by atoms with van der Waals surface area (Å²) in [4.78, 5) is 30.4. The number of nitrogens with one attached hydrogen (secondary N) is 1. The molecule has 5 rings (SSSR count). The monoisotopic (exact) mass is 478 g/mol. The highest BCUT2D eigenvalue weighted by Crippen LogP contribution is 2.45. The second kappa shape index (κ2) is 8.47. The van der Waals surface area contributed by atoms with Crippen molar-refractivity contribution in [2.24, 2.45) is 5.41 Å². The molecule has 33 heavy (non-hydrogen) atoms. The maximum absolute atomic E-state index is 13.2. The summed E-state index contributed by atoms with van der Waals surface area (Å²) in [5.41, 5.74) is 3.08. The van der Waals surface area contributed by atoms with E-state index < -0.39 is 0 Å². The lowest BCUT2D eigenvalue weighted by atomic mass is 9.73. The van der Waals surface area contributed by atoms with Crippen molar-refractivity contribution in [3.05, 3.63) is 82.0 Å². The van der Waals surface area contributed by atoms with Crippen LogP contribution in [0.25, 0.3) is 0 Å². The van der Waals surface area contributed by atoms with E-state index in [1.807, 2.05) is 42.5 Å². The molecule has 0 unspecified atom stereocenters. The Balaban J connectivity index is 1.49. The van der Waals surface area contributed by atoms with Crippen LogP contribution >= 0.6 is 23.4 Å². The number of thioether (sulfide) groups is 1. The molecule has 0 spiro atoms. The van der Waals surface area contributed by atoms with Crippen molar-refractivity contribution in [2.75, 3.05) is 11.1 Å². The van der Waals surface area contributed by atoms with E-state index in [9.17, 15) is 9.59 Å². The summed E-state index contributed by atoms with van der Waals surface area (Å²) in [5.74, 6) is 0.945. The van der Waals surface area contributed by atoms with Crippen LogP contribution in [0.4, 0.5) is 5.95 Å². The molecule has 0 radical (unpaired) electrons. The molecule has 1 atom stereocenters. The van der Waals surface area contributed by atoms with E-state index >= 15 is 0 Å². The quantitative estimate of drug-likeness (QED) is 0.382. The van der Waals surface area contributed by atoms with E-state index in [4.69, 9.17) is 16.7 Å². The lowest BCUT2D eigenvalue weighted by Gasteiger charge is -2.38. The number of Topliss-reactive ketones (excluding diaryl/α,β-unsaturated/α-hetero) is 2. The first-order valence-corrected chi connectivity index (χ1v) is 12.1. The standard InChI is InChI=1S/C25H23ClN4O2S/c1-25(2)12-18-21(19(31)13-25)22(16-8-10-17(26)11-9-16)30-23(27-18)28-24(29-30)33-14-20(32)15-6-4-3-5-7-15/h3-11,22H,12-14H2,1-2H3,(H,27,28,29)/t22-/m0/s1. The first kappa shape index (κ1) is 21.9. The summed E-state index contributed by atoms with van der Waals surface area (Å²) in [7, 11) is 0. The molecule has 0 amide bonds. The van der Waals surface area contributed by atoms with Gasteiger partial charge in [-0.05, 0) is 29.5 Å². The average molecular weight is 479 g/mol. The van der Waals surface area contributed by atoms with Gasteiger partial charge in [0.2, 0.25) is 11.1 Å². The molecule has 0 fully saturated rings. The first-order chi connectivity index (χ1) is 15.8. The highest BCUT2D eigenvalue weighted by molar-refractivity contribution is 7.99. The molecule has 168 valence electrons. The molecule has 2 heterocycles. The molecule has 8 heteroatoms. The Morgan fingerprint density at radius 3 is 2.61 bits per heavy atom. The number of aromatic nitrogens is 3. The van der Waals surface area contributed by atoms with Crippen LogP contribution in [0.5, 0.6) is 0 Å². The predicted octanol–water partition coefficient (Wildman–Crippen LogP) is 5.56. The zero-order valence-corrected chi connectivity index (χ0v) is 19.9. The smallest absolute Gasteiger partial charge is 0.227 e. The summed E-state index contributed by atoms with van der Waals surface area (Å²) in [6, 6.07) is 16.3. The second-order valence-electron chi connectivity index (χ2n) is 9.15. The minimum absolute atomic E-state index is 0.0185. The summed E-state index contributed by atoms with van der Waals surface area (Å²) < 4.78 is 1.76. The molecule has 1 aliphatic carbocycles. The minimum atomic E-state index is -0.385. The lowest BCUT2D eigenvalue weighted by molar-refractivity contribution is -0.118. The van der Waals surface area contributed by atoms with Crippen LogP contribution < -0.4 is 5.32 Å². The van der Waals surface area contributed by atoms with E-state index in [1.165, 1.54) is 11.8 Å². The van der Waals surface area contributed by atoms with Crippen molar-refractivity contribution in [3.63, 3.8) is 0 Å². The molecule has 0 bridgehead atoms. The molecule has 1 aromatic heterocycles. The maximum Gasteiger partial charge on any atom is 0.227 e. The number of halogens is 1. The van der Waals surface area contributed by atoms with Gasteiger partial charge in [-0.15, -0.1) is 5.10 Å². The SMILES string of the molecule is CC1(C)CC(=O)C2=C(C1)Nc1nc(SCC(=O)c3ccccc3)nn1[C@H]2c1ccc(Cl)cc1. The number of nitrogens with zero attached hydrogens (tertiary/aromatic N) is 3. The van der Waals surface area contributed by atoms with Crippen molar-refractivity contribution < 1.29 is 9.59 Å². The topological polar surface area (TPSA) is 76.9 Å². The second-order valence-corrected chi connectivity index (χ2v) is 10.5. The third-order valence-corrected chi connectivity index (χ3v) is 7.02. The van der Waals surface area contributed by atoms with Crippen LogP contribution in [0.1, 0.15) is 48.7 Å². The van der Waals surface area contributed by atoms with Crippen LogP contribution in [0.2, 0.25) is 5.02 Å². The van der Waals surface area contributed by atoms with E-state index in [0.717, 1.165) is 23.3 Å². The molecule has 6 nitrogen and oxygen atoms in total. The van der Waals surface area contributed by atoms with Crippen LogP contribution in [-0.2, 0) is 4.79 Å². The molecule has 1 aliphatic heterocycles. The number of anilines is 1. The first-order valence-electron chi connectivity index (χ1n) is 10.8. The van der Waals surface area contributed by atoms with Gasteiger partial charge in [-0.3, -0.25) is 9.59 Å². The summed E-state index contributed by atoms with van der Waals surface area (Å²) in [6.45, 7) is 4.20. The third-order valence-electron chi connectivity index (χ3n) is 5.93. The predicted molar refractivity (Wildman–Crippen MR) is 130 cm³/mol. The van der Waals surface area contributed by atoms with Gasteiger partial charge in [0, 0.05) is 28.3 Å². The van der Waals surface area contributed by atoms with Crippen molar-refractivity contribution in [2.45, 2.75) is 37.9 Å². The Morgan fingerprint density at radius 2 is 1.88 bits per heavy atom. The van der Waals surface area contributed by atoms with Crippen molar-refractivity contribution >= 4 is 40.9 Å². The fourth-order valence-electron chi connectivity index (χ4n) is 4.44. The summed E-state index contributed by atoms with van der Waals surface area (Å²) in [6.07, 6.45) is 1.23. The fourth-order valence-corrected chi connectivity index (χ4v) is 5.29. The number of fused-ring (bicyclic) bond motifs is 1. The number of carbonyl (C=O) groups is 2. The van der Waals surface area contributed by atoms with Gasteiger partial charge in [-0.1, -0.05) is 79.7 Å². The van der Waals surface area contributed by atoms with Gasteiger partial charge < -0.3 is 5.32 Å². The average Bonchev–Trinajstić information content (AvgIpc) is 3.19. The van der Waals surface area contributed by atoms with Crippen molar-refractivity contribution in [3.8, 4) is 0 Å². The molecule has 0 saturated heterocycles. The summed E-state index contributed by atoms with van der Waals surface area (Å²) in [5, 5.41) is 9.18. The molecule has 1 N–H and O–H groups in total. The van der Waals surface area contributed by atoms with Crippen LogP contribution in [0, 0.1) is 5.41 Å². The van der Waals surface area contributed by atoms with Gasteiger partial charge >= 0.3 is 0 Å². The molecule has 2 aliphatic rings. The zero-order chi connectivity index (χ0) is 23.2. The van der Waals surface area contributed by atoms with Gasteiger partial charge in [0.25, 0.3) is 0 Å². The number of hydrogen-bond acceptors (Lipinski definition) is 6. The van der Waals surface area contributed by atoms with Crippen LogP contribution in [0.3, 0.4) is 0 Å². The molecule has 2 aromatic carbocycles. The van der Waals surface area contributed by atoms with E-state index in [2.05, 4.69) is 24.1 Å². The molecular formula is C25H23ClN4O2S. The largest absolute Gasteiger partial charge is 0.328 e. The van der Waals surface area contributed by atoms with Gasteiger partial charge in [0.15, 0.2) is 11.6 Å². The lowest BCUT2D eigenvalue weighted by Crippen LogP contribution is -2.36. The molecular weight excluding hydrogens is 456 g/mol. The Morgan fingerprint density at radius 1 is 1.15 bits per heavy atom. The third kappa shape index (κ3) is 4.35. The van der Waals surface area contributed by atoms with Gasteiger partial charge in [-0.2, -0.15) is 4.98 Å². The number of carbonyl (C=O) groups excluding carboxylic acids is 2. The molecule has 0 saturated carbocycles. The van der Waals surface area contributed by atoms with Gasteiger partial charge in [0.05, 0.1) is 5.75 Å². The van der Waals surface area contributed by atoms with Crippen LogP contribution in [-0.4, -0.2) is 32.1 Å². The zero-order valence-electron chi connectivity index (χ0n) is 18.3. The normalized spacial score (nSPS) is 19.0.